The number of rotatable bonds is 4. The van der Waals surface area contributed by atoms with Gasteiger partial charge in [0, 0.05) is 10.6 Å². The van der Waals surface area contributed by atoms with Gasteiger partial charge in [-0.05, 0) is 43.3 Å². The molecule has 0 heterocycles. The van der Waals surface area contributed by atoms with Crippen LogP contribution < -0.4 is 5.32 Å². The third kappa shape index (κ3) is 4.10. The summed E-state index contributed by atoms with van der Waals surface area (Å²) in [7, 11) is 0. The molecule has 98 valence electrons. The van der Waals surface area contributed by atoms with E-state index in [0.717, 1.165) is 10.6 Å². The maximum Gasteiger partial charge on any atom is 0.237 e. The Morgan fingerprint density at radius 1 is 1.11 bits per heavy atom. The molecule has 0 fully saturated rings. The van der Waals surface area contributed by atoms with Crippen LogP contribution in [0.5, 0.6) is 0 Å². The molecule has 4 heteroatoms. The molecular formula is C15H14FNOS. The lowest BCUT2D eigenvalue weighted by atomic mass is 10.3. The van der Waals surface area contributed by atoms with Crippen molar-refractivity contribution in [3.63, 3.8) is 0 Å². The average molecular weight is 275 g/mol. The van der Waals surface area contributed by atoms with Crippen LogP contribution in [0.15, 0.2) is 59.5 Å². The Labute approximate surface area is 116 Å². The first kappa shape index (κ1) is 13.6. The summed E-state index contributed by atoms with van der Waals surface area (Å²) in [4.78, 5) is 12.9. The predicted molar refractivity (Wildman–Crippen MR) is 76.8 cm³/mol. The van der Waals surface area contributed by atoms with Crippen LogP contribution in [0.2, 0.25) is 0 Å². The highest BCUT2D eigenvalue weighted by atomic mass is 32.2. The van der Waals surface area contributed by atoms with Crippen molar-refractivity contribution in [1.29, 1.82) is 0 Å². The molecule has 1 amide bonds. The molecule has 0 aliphatic carbocycles. The van der Waals surface area contributed by atoms with Crippen molar-refractivity contribution in [3.8, 4) is 0 Å². The van der Waals surface area contributed by atoms with E-state index in [-0.39, 0.29) is 17.0 Å². The van der Waals surface area contributed by atoms with Crippen LogP contribution in [-0.2, 0) is 4.79 Å². The third-order valence-corrected chi connectivity index (χ3v) is 3.65. The highest BCUT2D eigenvalue weighted by Gasteiger charge is 2.14. The zero-order valence-electron chi connectivity index (χ0n) is 10.5. The summed E-state index contributed by atoms with van der Waals surface area (Å²) in [6.07, 6.45) is 0. The van der Waals surface area contributed by atoms with Crippen molar-refractivity contribution >= 4 is 23.4 Å². The molecule has 1 unspecified atom stereocenters. The number of hydrogen-bond donors (Lipinski definition) is 1. The number of thioether (sulfide) groups is 1. The minimum atomic E-state index is -0.272. The van der Waals surface area contributed by atoms with Crippen LogP contribution in [0.25, 0.3) is 0 Å². The van der Waals surface area contributed by atoms with Crippen LogP contribution >= 0.6 is 11.8 Å². The van der Waals surface area contributed by atoms with Crippen LogP contribution in [0.4, 0.5) is 10.1 Å². The van der Waals surface area contributed by atoms with Gasteiger partial charge >= 0.3 is 0 Å². The second-order valence-electron chi connectivity index (χ2n) is 4.07. The van der Waals surface area contributed by atoms with Gasteiger partial charge in [-0.15, -0.1) is 11.8 Å². The Kier molecular flexibility index (Phi) is 4.58. The lowest BCUT2D eigenvalue weighted by Crippen LogP contribution is -2.22. The number of carbonyl (C=O) groups excluding carboxylic acids is 1. The lowest BCUT2D eigenvalue weighted by molar-refractivity contribution is -0.115. The van der Waals surface area contributed by atoms with Crippen LogP contribution in [0.1, 0.15) is 6.92 Å². The van der Waals surface area contributed by atoms with Gasteiger partial charge in [0.1, 0.15) is 5.82 Å². The summed E-state index contributed by atoms with van der Waals surface area (Å²) >= 11 is 1.40. The molecule has 0 saturated heterocycles. The van der Waals surface area contributed by atoms with E-state index < -0.39 is 0 Å². The van der Waals surface area contributed by atoms with Gasteiger partial charge in [0.25, 0.3) is 0 Å². The zero-order valence-corrected chi connectivity index (χ0v) is 11.3. The molecule has 2 nitrogen and oxygen atoms in total. The highest BCUT2D eigenvalue weighted by Crippen LogP contribution is 2.24. The van der Waals surface area contributed by atoms with Crippen molar-refractivity contribution in [2.24, 2.45) is 0 Å². The fourth-order valence-electron chi connectivity index (χ4n) is 1.54. The number of anilines is 1. The first-order chi connectivity index (χ1) is 9.15. The number of halogens is 1. The first-order valence-corrected chi connectivity index (χ1v) is 6.81. The van der Waals surface area contributed by atoms with Crippen molar-refractivity contribution in [2.45, 2.75) is 17.1 Å². The van der Waals surface area contributed by atoms with Crippen LogP contribution in [-0.4, -0.2) is 11.2 Å². The number of nitrogens with one attached hydrogen (secondary N) is 1. The van der Waals surface area contributed by atoms with E-state index in [1.165, 1.54) is 23.9 Å². The quantitative estimate of drug-likeness (QED) is 0.856. The summed E-state index contributed by atoms with van der Waals surface area (Å²) in [6, 6.07) is 15.4. The van der Waals surface area contributed by atoms with Crippen molar-refractivity contribution < 1.29 is 9.18 Å². The summed E-state index contributed by atoms with van der Waals surface area (Å²) in [6.45, 7) is 1.83. The largest absolute Gasteiger partial charge is 0.325 e. The topological polar surface area (TPSA) is 29.1 Å². The first-order valence-electron chi connectivity index (χ1n) is 5.93. The maximum absolute atomic E-state index is 12.8. The van der Waals surface area contributed by atoms with Gasteiger partial charge in [-0.2, -0.15) is 0 Å². The fourth-order valence-corrected chi connectivity index (χ4v) is 2.40. The smallest absolute Gasteiger partial charge is 0.237 e. The molecule has 2 aromatic carbocycles. The van der Waals surface area contributed by atoms with Crippen LogP contribution in [0, 0.1) is 5.82 Å². The zero-order chi connectivity index (χ0) is 13.7. The standard InChI is InChI=1S/C15H14FNOS/c1-11(19-14-9-7-12(16)8-10-14)15(18)17-13-5-3-2-4-6-13/h2-11H,1H3,(H,17,18). The Morgan fingerprint density at radius 2 is 1.74 bits per heavy atom. The minimum absolute atomic E-state index is 0.0690. The van der Waals surface area contributed by atoms with E-state index in [2.05, 4.69) is 5.32 Å². The molecule has 19 heavy (non-hydrogen) atoms. The fraction of sp³-hybridized carbons (Fsp3) is 0.133. The molecule has 0 bridgehead atoms. The Morgan fingerprint density at radius 3 is 2.37 bits per heavy atom. The summed E-state index contributed by atoms with van der Waals surface area (Å²) in [5.74, 6) is -0.341. The molecule has 0 saturated carbocycles. The number of para-hydroxylation sites is 1. The van der Waals surface area contributed by atoms with E-state index in [0.29, 0.717) is 0 Å². The van der Waals surface area contributed by atoms with Gasteiger partial charge in [-0.3, -0.25) is 4.79 Å². The molecule has 0 spiro atoms. The van der Waals surface area contributed by atoms with Gasteiger partial charge in [0.05, 0.1) is 5.25 Å². The summed E-state index contributed by atoms with van der Waals surface area (Å²) < 4.78 is 12.8. The average Bonchev–Trinajstić information content (AvgIpc) is 2.42. The number of amides is 1. The molecule has 0 radical (unpaired) electrons. The number of carbonyl (C=O) groups is 1. The highest BCUT2D eigenvalue weighted by molar-refractivity contribution is 8.00. The van der Waals surface area contributed by atoms with E-state index in [9.17, 15) is 9.18 Å². The monoisotopic (exact) mass is 275 g/mol. The predicted octanol–water partition coefficient (Wildman–Crippen LogP) is 3.95. The SMILES string of the molecule is CC(Sc1ccc(F)cc1)C(=O)Nc1ccccc1. The van der Waals surface area contributed by atoms with Crippen LogP contribution in [0.3, 0.4) is 0 Å². The van der Waals surface area contributed by atoms with Gasteiger partial charge in [0.2, 0.25) is 5.91 Å². The molecule has 2 rings (SSSR count). The minimum Gasteiger partial charge on any atom is -0.325 e. The molecule has 1 N–H and O–H groups in total. The van der Waals surface area contributed by atoms with E-state index in [4.69, 9.17) is 0 Å². The van der Waals surface area contributed by atoms with Gasteiger partial charge in [0.15, 0.2) is 0 Å². The van der Waals surface area contributed by atoms with E-state index in [1.807, 2.05) is 37.3 Å². The van der Waals surface area contributed by atoms with Gasteiger partial charge in [-0.25, -0.2) is 4.39 Å². The molecule has 0 aromatic heterocycles. The van der Waals surface area contributed by atoms with E-state index in [1.54, 1.807) is 12.1 Å². The third-order valence-electron chi connectivity index (χ3n) is 2.54. The van der Waals surface area contributed by atoms with Gasteiger partial charge in [-0.1, -0.05) is 18.2 Å². The molecule has 1 atom stereocenters. The number of benzene rings is 2. The Bertz CT molecular complexity index is 542. The Hall–Kier alpha value is -1.81. The normalized spacial score (nSPS) is 11.9. The van der Waals surface area contributed by atoms with Crippen molar-refractivity contribution in [2.75, 3.05) is 5.32 Å². The van der Waals surface area contributed by atoms with E-state index >= 15 is 0 Å². The molecular weight excluding hydrogens is 261 g/mol. The maximum atomic E-state index is 12.8. The Balaban J connectivity index is 1.94. The lowest BCUT2D eigenvalue weighted by Gasteiger charge is -2.11. The molecule has 2 aromatic rings. The van der Waals surface area contributed by atoms with Crippen molar-refractivity contribution in [3.05, 3.63) is 60.4 Å². The molecule has 0 aliphatic heterocycles. The summed E-state index contributed by atoms with van der Waals surface area (Å²) in [5, 5.41) is 2.59. The van der Waals surface area contributed by atoms with Crippen molar-refractivity contribution in [1.82, 2.24) is 0 Å². The summed E-state index contributed by atoms with van der Waals surface area (Å²) in [5.41, 5.74) is 0.777. The van der Waals surface area contributed by atoms with Gasteiger partial charge < -0.3 is 5.32 Å². The molecule has 0 aliphatic rings. The second kappa shape index (κ2) is 6.38. The number of hydrogen-bond acceptors (Lipinski definition) is 2. The second-order valence-corrected chi connectivity index (χ2v) is 5.48.